The smallest absolute Gasteiger partial charge is 0.262 e. The molecule has 2 aromatic carbocycles. The molecule has 2 heterocycles. The normalized spacial score (nSPS) is 12.9. The molecule has 1 amide bonds. The molecule has 3 aromatic rings. The van der Waals surface area contributed by atoms with Crippen LogP contribution in [-0.4, -0.2) is 55.3 Å². The number of benzene rings is 2. The van der Waals surface area contributed by atoms with E-state index < -0.39 is 0 Å². The van der Waals surface area contributed by atoms with Crippen LogP contribution >= 0.6 is 0 Å². The summed E-state index contributed by atoms with van der Waals surface area (Å²) in [5, 5.41) is 0.367. The van der Waals surface area contributed by atoms with Crippen LogP contribution in [0.1, 0.15) is 17.0 Å². The van der Waals surface area contributed by atoms with Gasteiger partial charge in [-0.05, 0) is 42.7 Å². The molecule has 0 atom stereocenters. The highest BCUT2D eigenvalue weighted by molar-refractivity contribution is 5.83. The van der Waals surface area contributed by atoms with E-state index in [-0.39, 0.29) is 18.0 Å². The van der Waals surface area contributed by atoms with Crippen molar-refractivity contribution in [1.82, 2.24) is 14.5 Å². The highest BCUT2D eigenvalue weighted by Crippen LogP contribution is 2.33. The number of ether oxygens (including phenoxy) is 4. The number of carbonyl (C=O) groups excluding carboxylic acids is 1. The van der Waals surface area contributed by atoms with Crippen LogP contribution in [-0.2, 0) is 24.3 Å². The molecule has 1 aliphatic heterocycles. The van der Waals surface area contributed by atoms with Crippen LogP contribution in [0.3, 0.4) is 0 Å². The van der Waals surface area contributed by atoms with Gasteiger partial charge in [0, 0.05) is 19.2 Å². The lowest BCUT2D eigenvalue weighted by molar-refractivity contribution is -0.132. The van der Waals surface area contributed by atoms with E-state index in [1.807, 2.05) is 12.1 Å². The minimum atomic E-state index is -0.296. The average Bonchev–Trinajstić information content (AvgIpc) is 2.84. The van der Waals surface area contributed by atoms with E-state index >= 15 is 0 Å². The predicted octanol–water partition coefficient (Wildman–Crippen LogP) is 2.32. The lowest BCUT2D eigenvalue weighted by atomic mass is 9.98. The van der Waals surface area contributed by atoms with Crippen molar-refractivity contribution in [2.24, 2.45) is 0 Å². The highest BCUT2D eigenvalue weighted by Gasteiger charge is 2.24. The molecule has 0 aliphatic carbocycles. The summed E-state index contributed by atoms with van der Waals surface area (Å²) < 4.78 is 22.8. The number of amides is 1. The summed E-state index contributed by atoms with van der Waals surface area (Å²) in [6.45, 7) is 2.62. The van der Waals surface area contributed by atoms with Gasteiger partial charge in [0.05, 0.1) is 39.3 Å². The Balaban J connectivity index is 1.62. The van der Waals surface area contributed by atoms with E-state index in [9.17, 15) is 9.59 Å². The standard InChI is InChI=1S/C24H27N3O6/c1-14-25-18-11-22(33-5)21(32-4)10-17(18)24(29)27(14)13-23(28)26-7-6-15-8-19(30-2)20(31-3)9-16(15)12-26/h8-11H,6-7,12-13H2,1-5H3. The van der Waals surface area contributed by atoms with Gasteiger partial charge in [0.25, 0.3) is 5.56 Å². The molecule has 0 unspecified atom stereocenters. The van der Waals surface area contributed by atoms with Gasteiger partial charge in [0.15, 0.2) is 23.0 Å². The predicted molar refractivity (Wildman–Crippen MR) is 123 cm³/mol. The van der Waals surface area contributed by atoms with Crippen molar-refractivity contribution in [3.63, 3.8) is 0 Å². The Morgan fingerprint density at radius 3 is 2.12 bits per heavy atom. The Hall–Kier alpha value is -3.75. The third-order valence-electron chi connectivity index (χ3n) is 6.01. The van der Waals surface area contributed by atoms with Crippen molar-refractivity contribution in [2.45, 2.75) is 26.4 Å². The summed E-state index contributed by atoms with van der Waals surface area (Å²) in [6, 6.07) is 7.13. The Morgan fingerprint density at radius 1 is 0.909 bits per heavy atom. The topological polar surface area (TPSA) is 92.1 Å². The average molecular weight is 453 g/mol. The minimum Gasteiger partial charge on any atom is -0.493 e. The Morgan fingerprint density at radius 2 is 1.48 bits per heavy atom. The van der Waals surface area contributed by atoms with E-state index in [1.165, 1.54) is 18.8 Å². The summed E-state index contributed by atoms with van der Waals surface area (Å²) in [6.07, 6.45) is 0.697. The van der Waals surface area contributed by atoms with Gasteiger partial charge in [-0.15, -0.1) is 0 Å². The zero-order valence-corrected chi connectivity index (χ0v) is 19.4. The number of carbonyl (C=O) groups is 1. The Labute approximate surface area is 191 Å². The van der Waals surface area contributed by atoms with Gasteiger partial charge in [-0.3, -0.25) is 14.2 Å². The second-order valence-corrected chi connectivity index (χ2v) is 7.82. The fraction of sp³-hybridized carbons (Fsp3) is 0.375. The van der Waals surface area contributed by atoms with Gasteiger partial charge >= 0.3 is 0 Å². The van der Waals surface area contributed by atoms with Gasteiger partial charge < -0.3 is 23.8 Å². The SMILES string of the molecule is COc1cc2c(cc1OC)CN(C(=O)Cn1c(C)nc3cc(OC)c(OC)cc3c1=O)CC2. The van der Waals surface area contributed by atoms with Crippen LogP contribution in [0, 0.1) is 6.92 Å². The van der Waals surface area contributed by atoms with Crippen molar-refractivity contribution in [1.29, 1.82) is 0 Å². The van der Waals surface area contributed by atoms with Crippen LogP contribution in [0.5, 0.6) is 23.0 Å². The quantitative estimate of drug-likeness (QED) is 0.566. The molecule has 0 spiro atoms. The van der Waals surface area contributed by atoms with Crippen LogP contribution in [0.25, 0.3) is 10.9 Å². The van der Waals surface area contributed by atoms with Crippen molar-refractivity contribution in [3.05, 3.63) is 51.6 Å². The van der Waals surface area contributed by atoms with E-state index in [0.29, 0.717) is 59.2 Å². The second-order valence-electron chi connectivity index (χ2n) is 7.82. The number of fused-ring (bicyclic) bond motifs is 2. The number of methoxy groups -OCH3 is 4. The lowest BCUT2D eigenvalue weighted by Crippen LogP contribution is -2.40. The number of hydrogen-bond donors (Lipinski definition) is 0. The fourth-order valence-electron chi connectivity index (χ4n) is 4.18. The third-order valence-corrected chi connectivity index (χ3v) is 6.01. The molecule has 9 heteroatoms. The highest BCUT2D eigenvalue weighted by atomic mass is 16.5. The first-order chi connectivity index (χ1) is 15.9. The zero-order valence-electron chi connectivity index (χ0n) is 19.4. The molecule has 0 bridgehead atoms. The number of aryl methyl sites for hydroxylation is 1. The molecule has 4 rings (SSSR count). The second kappa shape index (κ2) is 9.01. The molecule has 0 saturated heterocycles. The maximum absolute atomic E-state index is 13.2. The number of nitrogens with zero attached hydrogens (tertiary/aromatic N) is 3. The summed E-state index contributed by atoms with van der Waals surface area (Å²) in [5.74, 6) is 2.53. The first-order valence-corrected chi connectivity index (χ1v) is 10.5. The molecular formula is C24H27N3O6. The van der Waals surface area contributed by atoms with E-state index in [2.05, 4.69) is 4.98 Å². The largest absolute Gasteiger partial charge is 0.493 e. The fourth-order valence-corrected chi connectivity index (χ4v) is 4.18. The Kier molecular flexibility index (Phi) is 6.13. The molecule has 1 aromatic heterocycles. The molecule has 174 valence electrons. The molecule has 0 N–H and O–H groups in total. The van der Waals surface area contributed by atoms with Gasteiger partial charge in [0.2, 0.25) is 5.91 Å². The summed E-state index contributed by atoms with van der Waals surface area (Å²) in [5.41, 5.74) is 2.32. The van der Waals surface area contributed by atoms with Crippen LogP contribution < -0.4 is 24.5 Å². The number of aromatic nitrogens is 2. The first kappa shape index (κ1) is 22.4. The molecule has 1 aliphatic rings. The number of hydrogen-bond acceptors (Lipinski definition) is 7. The van der Waals surface area contributed by atoms with Crippen molar-refractivity contribution < 1.29 is 23.7 Å². The van der Waals surface area contributed by atoms with Gasteiger partial charge in [-0.25, -0.2) is 4.98 Å². The van der Waals surface area contributed by atoms with E-state index in [1.54, 1.807) is 38.2 Å². The molecular weight excluding hydrogens is 426 g/mol. The van der Waals surface area contributed by atoms with E-state index in [4.69, 9.17) is 18.9 Å². The third kappa shape index (κ3) is 4.06. The summed E-state index contributed by atoms with van der Waals surface area (Å²) >= 11 is 0. The van der Waals surface area contributed by atoms with Crippen molar-refractivity contribution in [2.75, 3.05) is 35.0 Å². The van der Waals surface area contributed by atoms with Gasteiger partial charge in [0.1, 0.15) is 12.4 Å². The Bertz CT molecular complexity index is 1280. The van der Waals surface area contributed by atoms with Crippen LogP contribution in [0.15, 0.2) is 29.1 Å². The lowest BCUT2D eigenvalue weighted by Gasteiger charge is -2.30. The maximum atomic E-state index is 13.2. The van der Waals surface area contributed by atoms with E-state index in [0.717, 1.165) is 11.1 Å². The maximum Gasteiger partial charge on any atom is 0.262 e. The molecule has 0 fully saturated rings. The minimum absolute atomic E-state index is 0.0927. The van der Waals surface area contributed by atoms with Crippen LogP contribution in [0.2, 0.25) is 0 Å². The van der Waals surface area contributed by atoms with Crippen LogP contribution in [0.4, 0.5) is 0 Å². The molecule has 0 radical (unpaired) electrons. The summed E-state index contributed by atoms with van der Waals surface area (Å²) in [4.78, 5) is 32.6. The first-order valence-electron chi connectivity index (χ1n) is 10.5. The molecule has 33 heavy (non-hydrogen) atoms. The van der Waals surface area contributed by atoms with Gasteiger partial charge in [-0.2, -0.15) is 0 Å². The summed E-state index contributed by atoms with van der Waals surface area (Å²) in [7, 11) is 6.22. The molecule has 9 nitrogen and oxygen atoms in total. The molecule has 0 saturated carbocycles. The number of rotatable bonds is 6. The zero-order chi connectivity index (χ0) is 23.7. The van der Waals surface area contributed by atoms with Gasteiger partial charge in [-0.1, -0.05) is 0 Å². The van der Waals surface area contributed by atoms with Crippen molar-refractivity contribution in [3.8, 4) is 23.0 Å². The van der Waals surface area contributed by atoms with Crippen molar-refractivity contribution >= 4 is 16.8 Å². The monoisotopic (exact) mass is 453 g/mol.